The first-order valence-corrected chi connectivity index (χ1v) is 10.2. The highest BCUT2D eigenvalue weighted by molar-refractivity contribution is 7.14. The van der Waals surface area contributed by atoms with Gasteiger partial charge >= 0.3 is 5.97 Å². The Kier molecular flexibility index (Phi) is 6.39. The van der Waals surface area contributed by atoms with Crippen molar-refractivity contribution in [2.45, 2.75) is 20.3 Å². The molecule has 1 aromatic heterocycles. The molecule has 1 aliphatic heterocycles. The van der Waals surface area contributed by atoms with E-state index in [0.29, 0.717) is 36.1 Å². The normalized spacial score (nSPS) is 14.3. The Bertz CT molecular complexity index is 828. The number of piperazine rings is 1. The van der Waals surface area contributed by atoms with E-state index in [2.05, 4.69) is 11.8 Å². The van der Waals surface area contributed by atoms with Crippen LogP contribution < -0.4 is 4.90 Å². The van der Waals surface area contributed by atoms with Crippen molar-refractivity contribution in [1.29, 1.82) is 0 Å². The van der Waals surface area contributed by atoms with Crippen LogP contribution in [0, 0.1) is 6.92 Å². The lowest BCUT2D eigenvalue weighted by molar-refractivity contribution is -0.134. The number of benzene rings is 1. The Balaban J connectivity index is 1.49. The summed E-state index contributed by atoms with van der Waals surface area (Å²) in [6.07, 6.45) is 0.887. The summed E-state index contributed by atoms with van der Waals surface area (Å²) < 4.78 is 5.23. The number of carbonyl (C=O) groups excluding carboxylic acids is 2. The van der Waals surface area contributed by atoms with E-state index in [1.165, 1.54) is 16.2 Å². The highest BCUT2D eigenvalue weighted by Gasteiger charge is 2.23. The molecular formula is C20H23ClN2O3S. The Morgan fingerprint density at radius 2 is 1.89 bits per heavy atom. The molecule has 0 unspecified atom stereocenters. The fourth-order valence-electron chi connectivity index (χ4n) is 3.17. The number of carbonyl (C=O) groups is 2. The predicted molar refractivity (Wildman–Crippen MR) is 109 cm³/mol. The minimum atomic E-state index is -0.425. The molecule has 1 fully saturated rings. The summed E-state index contributed by atoms with van der Waals surface area (Å²) in [6, 6.07) is 9.53. The summed E-state index contributed by atoms with van der Waals surface area (Å²) in [4.78, 5) is 30.2. The van der Waals surface area contributed by atoms with Gasteiger partial charge in [0.2, 0.25) is 0 Å². The molecule has 0 radical (unpaired) electrons. The number of rotatable bonds is 5. The second-order valence-corrected chi connectivity index (χ2v) is 8.01. The van der Waals surface area contributed by atoms with E-state index >= 15 is 0 Å². The summed E-state index contributed by atoms with van der Waals surface area (Å²) in [6.45, 7) is 6.39. The molecule has 27 heavy (non-hydrogen) atoms. The number of anilines is 1. The molecule has 1 amide bonds. The summed E-state index contributed by atoms with van der Waals surface area (Å²) in [5.74, 6) is -0.586. The first kappa shape index (κ1) is 19.7. The third-order valence-corrected chi connectivity index (χ3v) is 6.38. The highest BCUT2D eigenvalue weighted by Crippen LogP contribution is 2.26. The molecule has 2 aromatic rings. The molecule has 3 rings (SSSR count). The molecule has 0 aliphatic carbocycles. The first-order valence-electron chi connectivity index (χ1n) is 9.03. The van der Waals surface area contributed by atoms with Crippen LogP contribution in [0.3, 0.4) is 0 Å². The summed E-state index contributed by atoms with van der Waals surface area (Å²) >= 11 is 7.68. The number of halogens is 1. The Hall–Kier alpha value is -2.05. The van der Waals surface area contributed by atoms with Gasteiger partial charge in [-0.15, -0.1) is 11.3 Å². The van der Waals surface area contributed by atoms with E-state index in [1.807, 2.05) is 37.3 Å². The smallest absolute Gasteiger partial charge is 0.348 e. The Labute approximate surface area is 168 Å². The SMILES string of the molecule is CCc1sc(C(=O)OCC(=O)N2CCN(c3ccccc3Cl)CC2)cc1C. The lowest BCUT2D eigenvalue weighted by Gasteiger charge is -2.36. The zero-order chi connectivity index (χ0) is 19.4. The second-order valence-electron chi connectivity index (χ2n) is 6.47. The lowest BCUT2D eigenvalue weighted by atomic mass is 10.2. The average Bonchev–Trinajstić information content (AvgIpc) is 3.07. The summed E-state index contributed by atoms with van der Waals surface area (Å²) in [5.41, 5.74) is 2.08. The zero-order valence-corrected chi connectivity index (χ0v) is 17.1. The molecule has 7 heteroatoms. The highest BCUT2D eigenvalue weighted by atomic mass is 35.5. The van der Waals surface area contributed by atoms with Gasteiger partial charge in [0.1, 0.15) is 4.88 Å². The number of ether oxygens (including phenoxy) is 1. The quantitative estimate of drug-likeness (QED) is 0.709. The number of hydrogen-bond acceptors (Lipinski definition) is 5. The van der Waals surface area contributed by atoms with E-state index in [0.717, 1.165) is 17.7 Å². The number of para-hydroxylation sites is 1. The molecular weight excluding hydrogens is 384 g/mol. The van der Waals surface area contributed by atoms with Crippen molar-refractivity contribution in [1.82, 2.24) is 4.90 Å². The van der Waals surface area contributed by atoms with Crippen LogP contribution in [0.2, 0.25) is 5.02 Å². The third-order valence-electron chi connectivity index (χ3n) is 4.70. The van der Waals surface area contributed by atoms with Crippen molar-refractivity contribution < 1.29 is 14.3 Å². The second kappa shape index (κ2) is 8.76. The molecule has 2 heterocycles. The van der Waals surface area contributed by atoms with Crippen molar-refractivity contribution in [2.24, 2.45) is 0 Å². The molecule has 0 spiro atoms. The van der Waals surface area contributed by atoms with E-state index in [1.54, 1.807) is 4.90 Å². The van der Waals surface area contributed by atoms with Gasteiger partial charge in [-0.25, -0.2) is 4.79 Å². The van der Waals surface area contributed by atoms with Gasteiger partial charge in [-0.3, -0.25) is 4.79 Å². The minimum absolute atomic E-state index is 0.161. The van der Waals surface area contributed by atoms with Crippen molar-refractivity contribution in [3.8, 4) is 0 Å². The van der Waals surface area contributed by atoms with Crippen LogP contribution in [0.4, 0.5) is 5.69 Å². The largest absolute Gasteiger partial charge is 0.451 e. The van der Waals surface area contributed by atoms with E-state index in [-0.39, 0.29) is 12.5 Å². The average molecular weight is 407 g/mol. The van der Waals surface area contributed by atoms with Crippen LogP contribution in [0.1, 0.15) is 27.0 Å². The van der Waals surface area contributed by atoms with E-state index < -0.39 is 5.97 Å². The molecule has 144 valence electrons. The first-order chi connectivity index (χ1) is 13.0. The van der Waals surface area contributed by atoms with Crippen LogP contribution in [-0.4, -0.2) is 49.6 Å². The van der Waals surface area contributed by atoms with E-state index in [4.69, 9.17) is 16.3 Å². The third kappa shape index (κ3) is 4.62. The predicted octanol–water partition coefficient (Wildman–Crippen LogP) is 3.78. The molecule has 0 atom stereocenters. The van der Waals surface area contributed by atoms with Gasteiger partial charge in [0.25, 0.3) is 5.91 Å². The van der Waals surface area contributed by atoms with Crippen molar-refractivity contribution in [3.05, 3.63) is 50.7 Å². The summed E-state index contributed by atoms with van der Waals surface area (Å²) in [7, 11) is 0. The molecule has 0 bridgehead atoms. The van der Waals surface area contributed by atoms with Gasteiger partial charge in [-0.1, -0.05) is 30.7 Å². The van der Waals surface area contributed by atoms with Gasteiger partial charge in [0.15, 0.2) is 6.61 Å². The van der Waals surface area contributed by atoms with Crippen molar-refractivity contribution >= 4 is 40.5 Å². The number of aryl methyl sites for hydroxylation is 2. The number of amides is 1. The fraction of sp³-hybridized carbons (Fsp3) is 0.400. The maximum atomic E-state index is 12.4. The van der Waals surface area contributed by atoms with Gasteiger partial charge in [0.05, 0.1) is 10.7 Å². The maximum absolute atomic E-state index is 12.4. The van der Waals surface area contributed by atoms with Crippen molar-refractivity contribution in [2.75, 3.05) is 37.7 Å². The minimum Gasteiger partial charge on any atom is -0.451 e. The van der Waals surface area contributed by atoms with Gasteiger partial charge < -0.3 is 14.5 Å². The van der Waals surface area contributed by atoms with Crippen molar-refractivity contribution in [3.63, 3.8) is 0 Å². The lowest BCUT2D eigenvalue weighted by Crippen LogP contribution is -2.50. The number of hydrogen-bond donors (Lipinski definition) is 0. The Morgan fingerprint density at radius 1 is 1.19 bits per heavy atom. The Morgan fingerprint density at radius 3 is 2.52 bits per heavy atom. The molecule has 0 saturated carbocycles. The van der Waals surface area contributed by atoms with Gasteiger partial charge in [-0.05, 0) is 37.1 Å². The van der Waals surface area contributed by atoms with E-state index in [9.17, 15) is 9.59 Å². The molecule has 1 saturated heterocycles. The topological polar surface area (TPSA) is 49.9 Å². The monoisotopic (exact) mass is 406 g/mol. The number of thiophene rings is 1. The summed E-state index contributed by atoms with van der Waals surface area (Å²) in [5, 5.41) is 0.712. The molecule has 0 N–H and O–H groups in total. The number of nitrogens with zero attached hydrogens (tertiary/aromatic N) is 2. The van der Waals surface area contributed by atoms with Crippen LogP contribution in [0.25, 0.3) is 0 Å². The number of esters is 1. The fourth-order valence-corrected chi connectivity index (χ4v) is 4.43. The molecule has 1 aromatic carbocycles. The van der Waals surface area contributed by atoms with Crippen LogP contribution in [-0.2, 0) is 16.0 Å². The van der Waals surface area contributed by atoms with Gasteiger partial charge in [0, 0.05) is 31.1 Å². The zero-order valence-electron chi connectivity index (χ0n) is 15.5. The molecule has 1 aliphatic rings. The van der Waals surface area contributed by atoms with Crippen LogP contribution in [0.5, 0.6) is 0 Å². The van der Waals surface area contributed by atoms with Crippen LogP contribution >= 0.6 is 22.9 Å². The van der Waals surface area contributed by atoms with Crippen LogP contribution in [0.15, 0.2) is 30.3 Å². The molecule has 5 nitrogen and oxygen atoms in total. The standard InChI is InChI=1S/C20H23ClN2O3S/c1-3-17-14(2)12-18(27-17)20(25)26-13-19(24)23-10-8-22(9-11-23)16-7-5-4-6-15(16)21/h4-7,12H,3,8-11,13H2,1-2H3. The maximum Gasteiger partial charge on any atom is 0.348 e. The van der Waals surface area contributed by atoms with Gasteiger partial charge in [-0.2, -0.15) is 0 Å².